The minimum atomic E-state index is -0.00304. The maximum Gasteiger partial charge on any atom is 0.134 e. The molecular formula is C19H22Br2O4. The van der Waals surface area contributed by atoms with Gasteiger partial charge in [0.25, 0.3) is 0 Å². The number of methoxy groups -OCH3 is 2. The van der Waals surface area contributed by atoms with Crippen molar-refractivity contribution in [3.8, 4) is 23.0 Å². The standard InChI is InChI=1S/C19H22Br2O4/c1-12(24-18-7-5-14(22-3)10-16(18)20)9-13(2)25-19-8-6-15(23-4)11-17(19)21/h5-8,10-13H,9H2,1-4H3. The first kappa shape index (κ1) is 19.9. The van der Waals surface area contributed by atoms with Crippen molar-refractivity contribution < 1.29 is 18.9 Å². The Bertz CT molecular complexity index is 646. The summed E-state index contributed by atoms with van der Waals surface area (Å²) in [6.45, 7) is 4.05. The lowest BCUT2D eigenvalue weighted by Crippen LogP contribution is -2.23. The Hall–Kier alpha value is -1.40. The van der Waals surface area contributed by atoms with Crippen LogP contribution in [-0.4, -0.2) is 26.4 Å². The van der Waals surface area contributed by atoms with Crippen LogP contribution in [-0.2, 0) is 0 Å². The van der Waals surface area contributed by atoms with E-state index in [1.54, 1.807) is 14.2 Å². The zero-order valence-corrected chi connectivity index (χ0v) is 17.9. The highest BCUT2D eigenvalue weighted by molar-refractivity contribution is 9.10. The molecule has 0 N–H and O–H groups in total. The molecule has 0 saturated carbocycles. The minimum absolute atomic E-state index is 0.00304. The van der Waals surface area contributed by atoms with Gasteiger partial charge in [-0.3, -0.25) is 0 Å². The summed E-state index contributed by atoms with van der Waals surface area (Å²) in [5.74, 6) is 3.14. The smallest absolute Gasteiger partial charge is 0.134 e. The van der Waals surface area contributed by atoms with E-state index in [0.717, 1.165) is 38.4 Å². The molecule has 6 heteroatoms. The van der Waals surface area contributed by atoms with Crippen LogP contribution in [0.25, 0.3) is 0 Å². The van der Waals surface area contributed by atoms with Crippen molar-refractivity contribution >= 4 is 31.9 Å². The summed E-state index contributed by atoms with van der Waals surface area (Å²) in [6, 6.07) is 11.3. The van der Waals surface area contributed by atoms with Crippen LogP contribution in [0, 0.1) is 0 Å². The van der Waals surface area contributed by atoms with E-state index in [0.29, 0.717) is 0 Å². The summed E-state index contributed by atoms with van der Waals surface area (Å²) in [6.07, 6.45) is 0.741. The van der Waals surface area contributed by atoms with Crippen LogP contribution in [0.15, 0.2) is 45.3 Å². The van der Waals surface area contributed by atoms with Crippen LogP contribution < -0.4 is 18.9 Å². The van der Waals surface area contributed by atoms with Gasteiger partial charge in [-0.1, -0.05) is 0 Å². The van der Waals surface area contributed by atoms with E-state index in [9.17, 15) is 0 Å². The van der Waals surface area contributed by atoms with Crippen molar-refractivity contribution in [1.82, 2.24) is 0 Å². The van der Waals surface area contributed by atoms with Gasteiger partial charge in [0.1, 0.15) is 23.0 Å². The average Bonchev–Trinajstić information content (AvgIpc) is 2.58. The Morgan fingerprint density at radius 1 is 0.760 bits per heavy atom. The molecular weight excluding hydrogens is 452 g/mol. The molecule has 2 atom stereocenters. The maximum absolute atomic E-state index is 6.01. The molecule has 0 aliphatic heterocycles. The highest BCUT2D eigenvalue weighted by Crippen LogP contribution is 2.32. The zero-order valence-electron chi connectivity index (χ0n) is 14.7. The largest absolute Gasteiger partial charge is 0.497 e. The van der Waals surface area contributed by atoms with Crippen LogP contribution in [0.4, 0.5) is 0 Å². The summed E-state index contributed by atoms with van der Waals surface area (Å²) in [5, 5.41) is 0. The Morgan fingerprint density at radius 2 is 1.16 bits per heavy atom. The average molecular weight is 474 g/mol. The topological polar surface area (TPSA) is 36.9 Å². The van der Waals surface area contributed by atoms with Gasteiger partial charge in [0.15, 0.2) is 0 Å². The third-order valence-corrected chi connectivity index (χ3v) is 4.84. The van der Waals surface area contributed by atoms with E-state index in [-0.39, 0.29) is 12.2 Å². The molecule has 0 aliphatic rings. The van der Waals surface area contributed by atoms with Crippen molar-refractivity contribution in [1.29, 1.82) is 0 Å². The van der Waals surface area contributed by atoms with Gasteiger partial charge in [-0.2, -0.15) is 0 Å². The highest BCUT2D eigenvalue weighted by Gasteiger charge is 2.15. The van der Waals surface area contributed by atoms with E-state index < -0.39 is 0 Å². The molecule has 2 rings (SSSR count). The van der Waals surface area contributed by atoms with E-state index in [1.165, 1.54) is 0 Å². The lowest BCUT2D eigenvalue weighted by Gasteiger charge is -2.21. The quantitative estimate of drug-likeness (QED) is 0.481. The lowest BCUT2D eigenvalue weighted by molar-refractivity contribution is 0.129. The van der Waals surface area contributed by atoms with Gasteiger partial charge in [0.2, 0.25) is 0 Å². The predicted octanol–water partition coefficient (Wildman–Crippen LogP) is 5.85. The molecule has 136 valence electrons. The van der Waals surface area contributed by atoms with Gasteiger partial charge in [-0.15, -0.1) is 0 Å². The van der Waals surface area contributed by atoms with Crippen molar-refractivity contribution in [2.24, 2.45) is 0 Å². The molecule has 0 aliphatic carbocycles. The predicted molar refractivity (Wildman–Crippen MR) is 106 cm³/mol. The second-order valence-electron chi connectivity index (χ2n) is 5.69. The molecule has 4 nitrogen and oxygen atoms in total. The fourth-order valence-corrected chi connectivity index (χ4v) is 3.31. The summed E-state index contributed by atoms with van der Waals surface area (Å²) in [5.41, 5.74) is 0. The van der Waals surface area contributed by atoms with Crippen molar-refractivity contribution in [2.45, 2.75) is 32.5 Å². The summed E-state index contributed by atoms with van der Waals surface area (Å²) in [7, 11) is 3.28. The van der Waals surface area contributed by atoms with E-state index >= 15 is 0 Å². The minimum Gasteiger partial charge on any atom is -0.497 e. The molecule has 2 aromatic carbocycles. The first-order chi connectivity index (χ1) is 11.9. The Labute approximate surface area is 165 Å². The Balaban J connectivity index is 1.92. The number of ether oxygens (including phenoxy) is 4. The molecule has 0 aromatic heterocycles. The molecule has 0 spiro atoms. The molecule has 0 saturated heterocycles. The van der Waals surface area contributed by atoms with Gasteiger partial charge in [0.05, 0.1) is 35.4 Å². The third kappa shape index (κ3) is 5.82. The Morgan fingerprint density at radius 3 is 1.48 bits per heavy atom. The first-order valence-corrected chi connectivity index (χ1v) is 9.52. The number of rotatable bonds is 8. The van der Waals surface area contributed by atoms with E-state index in [4.69, 9.17) is 18.9 Å². The van der Waals surface area contributed by atoms with Crippen molar-refractivity contribution in [2.75, 3.05) is 14.2 Å². The summed E-state index contributed by atoms with van der Waals surface area (Å²) >= 11 is 7.01. The molecule has 0 heterocycles. The molecule has 25 heavy (non-hydrogen) atoms. The molecule has 2 aromatic rings. The second kappa shape index (κ2) is 9.34. The normalized spacial score (nSPS) is 13.0. The lowest BCUT2D eigenvalue weighted by atomic mass is 10.2. The maximum atomic E-state index is 6.01. The van der Waals surface area contributed by atoms with Gasteiger partial charge in [-0.25, -0.2) is 0 Å². The highest BCUT2D eigenvalue weighted by atomic mass is 79.9. The number of hydrogen-bond acceptors (Lipinski definition) is 4. The van der Waals surface area contributed by atoms with Gasteiger partial charge in [0, 0.05) is 6.42 Å². The molecule has 0 fully saturated rings. The fourth-order valence-electron chi connectivity index (χ4n) is 2.41. The SMILES string of the molecule is COc1ccc(OC(C)CC(C)Oc2ccc(OC)cc2Br)c(Br)c1. The van der Waals surface area contributed by atoms with Crippen LogP contribution in [0.2, 0.25) is 0 Å². The number of hydrogen-bond donors (Lipinski definition) is 0. The Kier molecular flexibility index (Phi) is 7.44. The number of benzene rings is 2. The second-order valence-corrected chi connectivity index (χ2v) is 7.39. The molecule has 2 unspecified atom stereocenters. The summed E-state index contributed by atoms with van der Waals surface area (Å²) < 4.78 is 24.1. The van der Waals surface area contributed by atoms with Gasteiger partial charge in [-0.05, 0) is 82.1 Å². The van der Waals surface area contributed by atoms with Gasteiger partial charge < -0.3 is 18.9 Å². The van der Waals surface area contributed by atoms with Crippen LogP contribution >= 0.6 is 31.9 Å². The first-order valence-electron chi connectivity index (χ1n) is 7.93. The zero-order chi connectivity index (χ0) is 18.4. The monoisotopic (exact) mass is 472 g/mol. The molecule has 0 radical (unpaired) electrons. The molecule has 0 amide bonds. The van der Waals surface area contributed by atoms with Crippen molar-refractivity contribution in [3.63, 3.8) is 0 Å². The summed E-state index contributed by atoms with van der Waals surface area (Å²) in [4.78, 5) is 0. The van der Waals surface area contributed by atoms with Gasteiger partial charge >= 0.3 is 0 Å². The number of halogens is 2. The fraction of sp³-hybridized carbons (Fsp3) is 0.368. The third-order valence-electron chi connectivity index (χ3n) is 3.60. The van der Waals surface area contributed by atoms with Crippen LogP contribution in [0.1, 0.15) is 20.3 Å². The van der Waals surface area contributed by atoms with Crippen LogP contribution in [0.3, 0.4) is 0 Å². The molecule has 0 bridgehead atoms. The van der Waals surface area contributed by atoms with E-state index in [2.05, 4.69) is 31.9 Å². The van der Waals surface area contributed by atoms with Crippen LogP contribution in [0.5, 0.6) is 23.0 Å². The van der Waals surface area contributed by atoms with Crippen molar-refractivity contribution in [3.05, 3.63) is 45.3 Å². The van der Waals surface area contributed by atoms with E-state index in [1.807, 2.05) is 50.2 Å².